The van der Waals surface area contributed by atoms with E-state index in [4.69, 9.17) is 0 Å². The van der Waals surface area contributed by atoms with E-state index in [-0.39, 0.29) is 5.92 Å². The first kappa shape index (κ1) is 19.7. The van der Waals surface area contributed by atoms with Crippen molar-refractivity contribution in [3.05, 3.63) is 29.8 Å². The van der Waals surface area contributed by atoms with E-state index >= 15 is 0 Å². The van der Waals surface area contributed by atoms with Crippen LogP contribution in [0.15, 0.2) is 24.3 Å². The number of amides is 1. The van der Waals surface area contributed by atoms with Gasteiger partial charge in [0.2, 0.25) is 5.91 Å². The maximum atomic E-state index is 12.3. The lowest BCUT2D eigenvalue weighted by Crippen LogP contribution is -2.51. The van der Waals surface area contributed by atoms with Crippen molar-refractivity contribution < 1.29 is 9.90 Å². The van der Waals surface area contributed by atoms with Gasteiger partial charge in [-0.2, -0.15) is 0 Å². The first-order chi connectivity index (χ1) is 13.6. The molecule has 3 aliphatic rings. The fourth-order valence-corrected chi connectivity index (χ4v) is 4.87. The molecule has 0 aromatic heterocycles. The molecule has 2 N–H and O–H groups in total. The summed E-state index contributed by atoms with van der Waals surface area (Å²) in [6.07, 6.45) is 7.90. The topological polar surface area (TPSA) is 55.8 Å². The number of hydrogen-bond donors (Lipinski definition) is 2. The Labute approximate surface area is 169 Å². The molecule has 0 unspecified atom stereocenters. The fraction of sp³-hybridized carbons (Fsp3) is 0.696. The molecule has 2 heterocycles. The zero-order chi connectivity index (χ0) is 19.5. The van der Waals surface area contributed by atoms with Gasteiger partial charge in [0, 0.05) is 24.0 Å². The maximum Gasteiger partial charge on any atom is 0.223 e. The number of hydrogen-bond acceptors (Lipinski definition) is 4. The molecule has 1 aliphatic carbocycles. The maximum absolute atomic E-state index is 12.3. The van der Waals surface area contributed by atoms with Crippen LogP contribution in [0.4, 0.5) is 0 Å². The van der Waals surface area contributed by atoms with Gasteiger partial charge in [0.15, 0.2) is 0 Å². The second-order valence-corrected chi connectivity index (χ2v) is 9.08. The molecular weight excluding hydrogens is 350 g/mol. The highest BCUT2D eigenvalue weighted by Crippen LogP contribution is 2.27. The first-order valence-corrected chi connectivity index (χ1v) is 11.1. The predicted octanol–water partition coefficient (Wildman–Crippen LogP) is 2.78. The van der Waals surface area contributed by atoms with E-state index in [0.717, 1.165) is 45.4 Å². The van der Waals surface area contributed by atoms with Gasteiger partial charge in [-0.05, 0) is 95.7 Å². The fourth-order valence-electron chi connectivity index (χ4n) is 4.87. The van der Waals surface area contributed by atoms with Gasteiger partial charge in [0.05, 0.1) is 0 Å². The van der Waals surface area contributed by atoms with E-state index in [1.807, 2.05) is 12.1 Å². The SMILES string of the molecule is C[C@@H](Cc1ccc(O)cc1)N1CCC(N2CCC(C(=O)NC3CC3)CC2)CC1. The number of nitrogens with zero attached hydrogens (tertiary/aromatic N) is 2. The van der Waals surface area contributed by atoms with Gasteiger partial charge in [-0.3, -0.25) is 4.79 Å². The van der Waals surface area contributed by atoms with Crippen LogP contribution in [0.2, 0.25) is 0 Å². The summed E-state index contributed by atoms with van der Waals surface area (Å²) in [6.45, 7) is 6.79. The Morgan fingerprint density at radius 2 is 1.68 bits per heavy atom. The molecule has 1 saturated carbocycles. The number of likely N-dealkylation sites (tertiary alicyclic amines) is 2. The van der Waals surface area contributed by atoms with Crippen molar-refractivity contribution in [2.24, 2.45) is 5.92 Å². The number of carbonyl (C=O) groups is 1. The van der Waals surface area contributed by atoms with Gasteiger partial charge in [-0.1, -0.05) is 12.1 Å². The van der Waals surface area contributed by atoms with Gasteiger partial charge in [0.25, 0.3) is 0 Å². The van der Waals surface area contributed by atoms with E-state index in [9.17, 15) is 9.90 Å². The van der Waals surface area contributed by atoms with Crippen molar-refractivity contribution in [2.75, 3.05) is 26.2 Å². The highest BCUT2D eigenvalue weighted by Gasteiger charge is 2.33. The monoisotopic (exact) mass is 385 g/mol. The number of phenols is 1. The molecule has 1 atom stereocenters. The lowest BCUT2D eigenvalue weighted by molar-refractivity contribution is -0.126. The Morgan fingerprint density at radius 1 is 1.04 bits per heavy atom. The van der Waals surface area contributed by atoms with Crippen LogP contribution in [0.1, 0.15) is 51.0 Å². The summed E-state index contributed by atoms with van der Waals surface area (Å²) in [5.41, 5.74) is 1.29. The molecule has 0 spiro atoms. The van der Waals surface area contributed by atoms with Crippen molar-refractivity contribution in [1.29, 1.82) is 0 Å². The van der Waals surface area contributed by atoms with E-state index in [2.05, 4.69) is 22.0 Å². The van der Waals surface area contributed by atoms with E-state index in [1.165, 1.54) is 31.2 Å². The number of phenolic OH excluding ortho intramolecular Hbond substituents is 1. The second kappa shape index (κ2) is 8.83. The Balaban J connectivity index is 1.19. The number of nitrogens with one attached hydrogen (secondary N) is 1. The molecule has 5 nitrogen and oxygen atoms in total. The standard InChI is InChI=1S/C23H35N3O2/c1-17(16-18-2-6-22(27)7-3-18)25-14-10-21(11-15-25)26-12-8-19(9-13-26)23(28)24-20-4-5-20/h2-3,6-7,17,19-21,27H,4-5,8-16H2,1H3,(H,24,28)/t17-/m0/s1. The molecule has 154 valence electrons. The van der Waals surface area contributed by atoms with Crippen LogP contribution in [0.5, 0.6) is 5.75 Å². The molecule has 2 aliphatic heterocycles. The summed E-state index contributed by atoms with van der Waals surface area (Å²) in [5.74, 6) is 0.883. The molecule has 28 heavy (non-hydrogen) atoms. The molecule has 1 amide bonds. The lowest BCUT2D eigenvalue weighted by Gasteiger charge is -2.43. The summed E-state index contributed by atoms with van der Waals surface area (Å²) >= 11 is 0. The van der Waals surface area contributed by atoms with E-state index in [1.54, 1.807) is 12.1 Å². The number of aromatic hydroxyl groups is 1. The smallest absolute Gasteiger partial charge is 0.223 e. The molecule has 3 fully saturated rings. The molecule has 2 saturated heterocycles. The largest absolute Gasteiger partial charge is 0.508 e. The van der Waals surface area contributed by atoms with Crippen LogP contribution in [-0.4, -0.2) is 65.1 Å². The first-order valence-electron chi connectivity index (χ1n) is 11.1. The van der Waals surface area contributed by atoms with Crippen molar-refractivity contribution in [3.63, 3.8) is 0 Å². The Hall–Kier alpha value is -1.59. The van der Waals surface area contributed by atoms with Gasteiger partial charge >= 0.3 is 0 Å². The predicted molar refractivity (Wildman–Crippen MR) is 111 cm³/mol. The molecule has 0 radical (unpaired) electrons. The molecule has 5 heteroatoms. The Kier molecular flexibility index (Phi) is 6.22. The molecule has 1 aromatic rings. The normalized spacial score (nSPS) is 24.2. The third kappa shape index (κ3) is 5.06. The van der Waals surface area contributed by atoms with Gasteiger partial charge < -0.3 is 20.2 Å². The van der Waals surface area contributed by atoms with E-state index < -0.39 is 0 Å². The lowest BCUT2D eigenvalue weighted by atomic mass is 9.92. The molecule has 0 bridgehead atoms. The summed E-state index contributed by atoms with van der Waals surface area (Å²) in [6, 6.07) is 9.32. The third-order valence-corrected chi connectivity index (χ3v) is 6.93. The second-order valence-electron chi connectivity index (χ2n) is 9.08. The van der Waals surface area contributed by atoms with Gasteiger partial charge in [0.1, 0.15) is 5.75 Å². The van der Waals surface area contributed by atoms with Crippen molar-refractivity contribution >= 4 is 5.91 Å². The zero-order valence-electron chi connectivity index (χ0n) is 17.1. The average Bonchev–Trinajstić information content (AvgIpc) is 3.54. The molecule has 1 aromatic carbocycles. The minimum absolute atomic E-state index is 0.238. The summed E-state index contributed by atoms with van der Waals surface area (Å²) < 4.78 is 0. The van der Waals surface area contributed by atoms with Gasteiger partial charge in [-0.15, -0.1) is 0 Å². The summed E-state index contributed by atoms with van der Waals surface area (Å²) in [7, 11) is 0. The van der Waals surface area contributed by atoms with Gasteiger partial charge in [-0.25, -0.2) is 0 Å². The number of rotatable bonds is 6. The van der Waals surface area contributed by atoms with Crippen molar-refractivity contribution in [1.82, 2.24) is 15.1 Å². The average molecular weight is 386 g/mol. The Bertz CT molecular complexity index is 642. The molecular formula is C23H35N3O2. The van der Waals surface area contributed by atoms with Crippen LogP contribution in [0.25, 0.3) is 0 Å². The van der Waals surface area contributed by atoms with E-state index in [0.29, 0.717) is 29.8 Å². The highest BCUT2D eigenvalue weighted by atomic mass is 16.3. The minimum atomic E-state index is 0.238. The Morgan fingerprint density at radius 3 is 2.29 bits per heavy atom. The van der Waals surface area contributed by atoms with Crippen LogP contribution in [0, 0.1) is 5.92 Å². The zero-order valence-corrected chi connectivity index (χ0v) is 17.1. The molecule has 4 rings (SSSR count). The van der Waals surface area contributed by atoms with Crippen molar-refractivity contribution in [2.45, 2.75) is 70.0 Å². The third-order valence-electron chi connectivity index (χ3n) is 6.93. The number of benzene rings is 1. The van der Waals surface area contributed by atoms with Crippen LogP contribution in [-0.2, 0) is 11.2 Å². The number of carbonyl (C=O) groups excluding carboxylic acids is 1. The number of piperidine rings is 2. The van der Waals surface area contributed by atoms with Crippen LogP contribution in [0.3, 0.4) is 0 Å². The van der Waals surface area contributed by atoms with Crippen molar-refractivity contribution in [3.8, 4) is 5.75 Å². The summed E-state index contributed by atoms with van der Waals surface area (Å²) in [5, 5.41) is 12.6. The van der Waals surface area contributed by atoms with Crippen LogP contribution >= 0.6 is 0 Å². The van der Waals surface area contributed by atoms with Crippen LogP contribution < -0.4 is 5.32 Å². The highest BCUT2D eigenvalue weighted by molar-refractivity contribution is 5.79. The summed E-state index contributed by atoms with van der Waals surface area (Å²) in [4.78, 5) is 17.5. The quantitative estimate of drug-likeness (QED) is 0.791. The minimum Gasteiger partial charge on any atom is -0.508 e.